The summed E-state index contributed by atoms with van der Waals surface area (Å²) in [6, 6.07) is 5.79. The molecule has 0 bridgehead atoms. The van der Waals surface area contributed by atoms with Crippen molar-refractivity contribution >= 4 is 10.0 Å². The van der Waals surface area contributed by atoms with Crippen LogP contribution in [0.15, 0.2) is 29.2 Å². The molecule has 2 aliphatic heterocycles. The topological polar surface area (TPSA) is 118 Å². The number of sulfonamides is 1. The molecule has 0 saturated carbocycles. The van der Waals surface area contributed by atoms with Crippen LogP contribution in [-0.4, -0.2) is 94.4 Å². The first-order chi connectivity index (χ1) is 13.9. The molecule has 0 aliphatic carbocycles. The Morgan fingerprint density at radius 1 is 1.24 bits per heavy atom. The quantitative estimate of drug-likeness (QED) is 0.483. The maximum absolute atomic E-state index is 12.7. The molecule has 2 fully saturated rings. The highest BCUT2D eigenvalue weighted by molar-refractivity contribution is 7.89. The van der Waals surface area contributed by atoms with Gasteiger partial charge < -0.3 is 24.4 Å². The first-order valence-electron chi connectivity index (χ1n) is 9.74. The number of aliphatic hydroxyl groups excluding tert-OH is 2. The molecule has 3 rings (SSSR count). The lowest BCUT2D eigenvalue weighted by Gasteiger charge is -2.34. The van der Waals surface area contributed by atoms with Crippen LogP contribution in [0.25, 0.3) is 0 Å². The van der Waals surface area contributed by atoms with Crippen molar-refractivity contribution in [3.8, 4) is 5.75 Å². The number of methoxy groups -OCH3 is 2. The molecule has 164 valence electrons. The number of nitrogens with zero attached hydrogens (tertiary/aromatic N) is 1. The smallest absolute Gasteiger partial charge is 0.240 e. The molecule has 0 unspecified atom stereocenters. The highest BCUT2D eigenvalue weighted by Crippen LogP contribution is 2.31. The van der Waals surface area contributed by atoms with Crippen molar-refractivity contribution in [1.29, 1.82) is 0 Å². The molecule has 0 radical (unpaired) electrons. The second-order valence-corrected chi connectivity index (χ2v) is 9.16. The van der Waals surface area contributed by atoms with Crippen molar-refractivity contribution < 1.29 is 32.8 Å². The third-order valence-electron chi connectivity index (χ3n) is 5.65. The van der Waals surface area contributed by atoms with Crippen LogP contribution in [-0.2, 0) is 19.5 Å². The van der Waals surface area contributed by atoms with Gasteiger partial charge in [0.1, 0.15) is 18.0 Å². The minimum atomic E-state index is -3.76. The van der Waals surface area contributed by atoms with Gasteiger partial charge in [-0.25, -0.2) is 13.1 Å². The van der Waals surface area contributed by atoms with Crippen LogP contribution in [0, 0.1) is 0 Å². The van der Waals surface area contributed by atoms with Gasteiger partial charge in [-0.05, 0) is 43.7 Å². The zero-order chi connectivity index (χ0) is 21.0. The highest BCUT2D eigenvalue weighted by Gasteiger charge is 2.49. The number of likely N-dealkylation sites (tertiary alicyclic amines) is 1. The SMILES string of the molecule is COC[C@@H]1CCCN1[C@H]1[C@H](O)[C@H](CO)O[C@@H]1CNS(=O)(=O)c1ccc(OC)cc1. The van der Waals surface area contributed by atoms with Crippen molar-refractivity contribution in [2.75, 3.05) is 40.5 Å². The number of aliphatic hydroxyl groups is 2. The fraction of sp³-hybridized carbons (Fsp3) is 0.684. The molecule has 2 heterocycles. The lowest BCUT2D eigenvalue weighted by molar-refractivity contribution is -0.0201. The summed E-state index contributed by atoms with van der Waals surface area (Å²) >= 11 is 0. The zero-order valence-electron chi connectivity index (χ0n) is 16.7. The normalized spacial score (nSPS) is 30.7. The average Bonchev–Trinajstić information content (AvgIpc) is 3.30. The van der Waals surface area contributed by atoms with Gasteiger partial charge in [0, 0.05) is 19.7 Å². The van der Waals surface area contributed by atoms with Gasteiger partial charge >= 0.3 is 0 Å². The number of hydrogen-bond acceptors (Lipinski definition) is 8. The Morgan fingerprint density at radius 3 is 2.59 bits per heavy atom. The zero-order valence-corrected chi connectivity index (χ0v) is 17.5. The van der Waals surface area contributed by atoms with E-state index in [2.05, 4.69) is 9.62 Å². The van der Waals surface area contributed by atoms with E-state index in [0.717, 1.165) is 19.4 Å². The molecule has 0 aromatic heterocycles. The summed E-state index contributed by atoms with van der Waals surface area (Å²) in [6.07, 6.45) is -0.351. The van der Waals surface area contributed by atoms with Crippen LogP contribution in [0.5, 0.6) is 5.75 Å². The molecule has 1 aromatic carbocycles. The summed E-state index contributed by atoms with van der Waals surface area (Å²) in [6.45, 7) is 0.946. The summed E-state index contributed by atoms with van der Waals surface area (Å²) in [4.78, 5) is 2.24. The molecule has 9 nitrogen and oxygen atoms in total. The van der Waals surface area contributed by atoms with E-state index in [0.29, 0.717) is 12.4 Å². The Hall–Kier alpha value is -1.27. The molecule has 2 saturated heterocycles. The minimum absolute atomic E-state index is 0.0111. The van der Waals surface area contributed by atoms with Crippen LogP contribution in [0.3, 0.4) is 0 Å². The van der Waals surface area contributed by atoms with Crippen LogP contribution < -0.4 is 9.46 Å². The molecule has 0 amide bonds. The van der Waals surface area contributed by atoms with Crippen molar-refractivity contribution in [2.24, 2.45) is 0 Å². The molecule has 10 heteroatoms. The Bertz CT molecular complexity index is 758. The van der Waals surface area contributed by atoms with Crippen molar-refractivity contribution in [1.82, 2.24) is 9.62 Å². The first kappa shape index (κ1) is 22.4. The van der Waals surface area contributed by atoms with E-state index in [1.165, 1.54) is 19.2 Å². The molecule has 0 spiro atoms. The summed E-state index contributed by atoms with van der Waals surface area (Å²) < 4.78 is 44.1. The standard InChI is InChI=1S/C19H30N2O7S/c1-26-12-13-4-3-9-21(13)18-16(28-17(11-22)19(18)23)10-20-29(24,25)15-7-5-14(27-2)6-8-15/h5-8,13,16-20,22-23H,3-4,9-12H2,1-2H3/t13-,16+,17-,18+,19+/m0/s1. The molecule has 3 N–H and O–H groups in total. The van der Waals surface area contributed by atoms with Crippen molar-refractivity contribution in [3.05, 3.63) is 24.3 Å². The van der Waals surface area contributed by atoms with Gasteiger partial charge in [-0.3, -0.25) is 4.90 Å². The Balaban J connectivity index is 1.73. The van der Waals surface area contributed by atoms with Crippen LogP contribution >= 0.6 is 0 Å². The van der Waals surface area contributed by atoms with Gasteiger partial charge in [-0.1, -0.05) is 0 Å². The molecule has 1 aromatic rings. The van der Waals surface area contributed by atoms with Gasteiger partial charge in [0.15, 0.2) is 0 Å². The first-order valence-corrected chi connectivity index (χ1v) is 11.2. The van der Waals surface area contributed by atoms with E-state index in [1.54, 1.807) is 19.2 Å². The lowest BCUT2D eigenvalue weighted by Crippen LogP contribution is -2.53. The number of benzene rings is 1. The Morgan fingerprint density at radius 2 is 1.97 bits per heavy atom. The second kappa shape index (κ2) is 9.69. The van der Waals surface area contributed by atoms with E-state index in [4.69, 9.17) is 14.2 Å². The van der Waals surface area contributed by atoms with Gasteiger partial charge in [0.25, 0.3) is 0 Å². The van der Waals surface area contributed by atoms with Gasteiger partial charge in [-0.15, -0.1) is 0 Å². The van der Waals surface area contributed by atoms with Crippen LogP contribution in [0.1, 0.15) is 12.8 Å². The second-order valence-electron chi connectivity index (χ2n) is 7.39. The van der Waals surface area contributed by atoms with Crippen LogP contribution in [0.4, 0.5) is 0 Å². The van der Waals surface area contributed by atoms with Gasteiger partial charge in [0.05, 0.1) is 37.4 Å². The van der Waals surface area contributed by atoms with E-state index in [9.17, 15) is 18.6 Å². The lowest BCUT2D eigenvalue weighted by atomic mass is 10.0. The summed E-state index contributed by atoms with van der Waals surface area (Å²) in [5.41, 5.74) is 0. The molecular weight excluding hydrogens is 400 g/mol. The molecule has 5 atom stereocenters. The summed E-state index contributed by atoms with van der Waals surface area (Å²) in [5, 5.41) is 20.3. The van der Waals surface area contributed by atoms with Gasteiger partial charge in [0.2, 0.25) is 10.0 Å². The third-order valence-corrected chi connectivity index (χ3v) is 7.09. The third kappa shape index (κ3) is 4.91. The van der Waals surface area contributed by atoms with Crippen LogP contribution in [0.2, 0.25) is 0 Å². The van der Waals surface area contributed by atoms with E-state index in [1.807, 2.05) is 0 Å². The van der Waals surface area contributed by atoms with E-state index in [-0.39, 0.29) is 24.1 Å². The maximum Gasteiger partial charge on any atom is 0.240 e. The predicted molar refractivity (Wildman–Crippen MR) is 105 cm³/mol. The predicted octanol–water partition coefficient (Wildman–Crippen LogP) is -0.426. The Kier molecular flexibility index (Phi) is 7.49. The fourth-order valence-corrected chi connectivity index (χ4v) is 5.25. The van der Waals surface area contributed by atoms with Crippen molar-refractivity contribution in [3.63, 3.8) is 0 Å². The number of ether oxygens (including phenoxy) is 3. The summed E-state index contributed by atoms with van der Waals surface area (Å²) in [5.74, 6) is 0.565. The largest absolute Gasteiger partial charge is 0.497 e. The molecule has 29 heavy (non-hydrogen) atoms. The van der Waals surface area contributed by atoms with E-state index >= 15 is 0 Å². The van der Waals surface area contributed by atoms with E-state index < -0.39 is 34.4 Å². The summed E-state index contributed by atoms with van der Waals surface area (Å²) in [7, 11) is -0.613. The number of hydrogen-bond donors (Lipinski definition) is 3. The Labute approximate surface area is 171 Å². The fourth-order valence-electron chi connectivity index (χ4n) is 4.21. The molecular formula is C19H30N2O7S. The minimum Gasteiger partial charge on any atom is -0.497 e. The van der Waals surface area contributed by atoms with Gasteiger partial charge in [-0.2, -0.15) is 0 Å². The number of rotatable bonds is 9. The maximum atomic E-state index is 12.7. The number of nitrogens with one attached hydrogen (secondary N) is 1. The molecule has 2 aliphatic rings. The monoisotopic (exact) mass is 430 g/mol. The van der Waals surface area contributed by atoms with Crippen molar-refractivity contribution in [2.45, 2.75) is 48.1 Å². The highest BCUT2D eigenvalue weighted by atomic mass is 32.2. The average molecular weight is 431 g/mol.